The summed E-state index contributed by atoms with van der Waals surface area (Å²) in [5.41, 5.74) is -3.74. The number of nitrogens with zero attached hydrogens (tertiary/aromatic N) is 2. The van der Waals surface area contributed by atoms with Crippen molar-refractivity contribution in [2.75, 3.05) is 18.0 Å². The third-order valence-corrected chi connectivity index (χ3v) is 8.46. The molecule has 37 heavy (non-hydrogen) atoms. The number of likely N-dealkylation sites (tertiary alicyclic amines) is 1. The van der Waals surface area contributed by atoms with Gasteiger partial charge in [0, 0.05) is 25.9 Å². The second-order valence-electron chi connectivity index (χ2n) is 10.7. The average Bonchev–Trinajstić information content (AvgIpc) is 3.39. The summed E-state index contributed by atoms with van der Waals surface area (Å²) in [6.07, 6.45) is -0.652. The van der Waals surface area contributed by atoms with Crippen molar-refractivity contribution >= 4 is 29.5 Å². The van der Waals surface area contributed by atoms with Gasteiger partial charge in [0.2, 0.25) is 11.8 Å². The molecule has 0 spiro atoms. The monoisotopic (exact) mass is 518 g/mol. The lowest BCUT2D eigenvalue weighted by molar-refractivity contribution is -0.163. The van der Waals surface area contributed by atoms with E-state index in [0.29, 0.717) is 12.8 Å². The summed E-state index contributed by atoms with van der Waals surface area (Å²) >= 11 is 0. The van der Waals surface area contributed by atoms with E-state index >= 15 is 0 Å². The zero-order valence-electron chi connectivity index (χ0n) is 20.7. The van der Waals surface area contributed by atoms with E-state index in [1.165, 1.54) is 12.1 Å². The lowest BCUT2D eigenvalue weighted by Crippen LogP contribution is -2.50. The zero-order chi connectivity index (χ0) is 26.9. The van der Waals surface area contributed by atoms with Crippen LogP contribution >= 0.6 is 0 Å². The van der Waals surface area contributed by atoms with Gasteiger partial charge < -0.3 is 14.4 Å². The van der Waals surface area contributed by atoms with Gasteiger partial charge in [-0.25, -0.2) is 4.90 Å². The molecule has 5 rings (SSSR count). The van der Waals surface area contributed by atoms with Crippen LogP contribution in [0.5, 0.6) is 0 Å². The molecule has 198 valence electrons. The van der Waals surface area contributed by atoms with Gasteiger partial charge in [0.15, 0.2) is 0 Å². The number of rotatable bonds is 5. The predicted octanol–water partition coefficient (Wildman–Crippen LogP) is 4.17. The van der Waals surface area contributed by atoms with Crippen molar-refractivity contribution in [3.05, 3.63) is 48.7 Å². The minimum atomic E-state index is -4.70. The van der Waals surface area contributed by atoms with Crippen LogP contribution in [0.1, 0.15) is 44.2 Å². The minimum absolute atomic E-state index is 0.153. The van der Waals surface area contributed by atoms with Crippen LogP contribution in [0.15, 0.2) is 37.6 Å². The van der Waals surface area contributed by atoms with Gasteiger partial charge in [-0.05, 0) is 44.2 Å². The molecule has 0 radical (unpaired) electrons. The maximum atomic E-state index is 13.6. The van der Waals surface area contributed by atoms with Crippen LogP contribution in [-0.4, -0.2) is 53.1 Å². The first-order valence-corrected chi connectivity index (χ1v) is 12.3. The van der Waals surface area contributed by atoms with Crippen LogP contribution in [0.3, 0.4) is 0 Å². The second-order valence-corrected chi connectivity index (χ2v) is 10.7. The normalized spacial score (nSPS) is 33.6. The molecule has 10 heteroatoms. The van der Waals surface area contributed by atoms with Gasteiger partial charge in [-0.1, -0.05) is 25.3 Å². The minimum Gasteiger partial charge on any atom is -0.462 e. The Balaban J connectivity index is 1.42. The Morgan fingerprint density at radius 2 is 1.78 bits per heavy atom. The van der Waals surface area contributed by atoms with E-state index in [2.05, 4.69) is 13.2 Å². The first-order chi connectivity index (χ1) is 17.3. The zero-order valence-corrected chi connectivity index (χ0v) is 20.7. The molecule has 4 fully saturated rings. The molecule has 0 saturated carbocycles. The van der Waals surface area contributed by atoms with Crippen molar-refractivity contribution in [1.82, 2.24) is 4.90 Å². The average molecular weight is 519 g/mol. The van der Waals surface area contributed by atoms with E-state index in [1.807, 2.05) is 4.90 Å². The number of hydrogen-bond donors (Lipinski definition) is 0. The maximum absolute atomic E-state index is 13.6. The molecule has 0 N–H and O–H groups in total. The van der Waals surface area contributed by atoms with E-state index in [9.17, 15) is 27.6 Å². The van der Waals surface area contributed by atoms with Gasteiger partial charge in [-0.3, -0.25) is 14.4 Å². The molecule has 2 bridgehead atoms. The number of fused-ring (bicyclic) bond motifs is 5. The SMILES string of the molecule is C=Cc1ccc(N2C(=O)[C@@H]3[C@H](C2=O)[C@]2(C)C[C@@H](C(=O)OC4CCN(C=C)CC4)[C@@]3(C)O2)cc1C(F)(F)F. The second kappa shape index (κ2) is 8.44. The van der Waals surface area contributed by atoms with Gasteiger partial charge in [0.05, 0.1) is 40.2 Å². The quantitative estimate of drug-likeness (QED) is 0.430. The highest BCUT2D eigenvalue weighted by Gasteiger charge is 2.77. The number of anilines is 1. The third-order valence-electron chi connectivity index (χ3n) is 8.46. The number of alkyl halides is 3. The summed E-state index contributed by atoms with van der Waals surface area (Å²) < 4.78 is 53.0. The van der Waals surface area contributed by atoms with Gasteiger partial charge in [0.1, 0.15) is 6.10 Å². The number of amides is 2. The van der Waals surface area contributed by atoms with Crippen LogP contribution in [-0.2, 0) is 30.0 Å². The summed E-state index contributed by atoms with van der Waals surface area (Å²) in [6, 6.07) is 3.28. The number of esters is 1. The Labute approximate surface area is 212 Å². The van der Waals surface area contributed by atoms with Crippen LogP contribution in [0.2, 0.25) is 0 Å². The number of benzene rings is 1. The van der Waals surface area contributed by atoms with Crippen LogP contribution < -0.4 is 4.90 Å². The van der Waals surface area contributed by atoms with Crippen molar-refractivity contribution in [2.45, 2.75) is 56.6 Å². The molecule has 1 aromatic carbocycles. The van der Waals surface area contributed by atoms with E-state index in [1.54, 1.807) is 20.0 Å². The molecule has 2 amide bonds. The van der Waals surface area contributed by atoms with Crippen LogP contribution in [0.25, 0.3) is 6.08 Å². The highest BCUT2D eigenvalue weighted by atomic mass is 19.4. The van der Waals surface area contributed by atoms with Crippen molar-refractivity contribution in [1.29, 1.82) is 0 Å². The Kier molecular flexibility index (Phi) is 5.82. The molecule has 0 aliphatic carbocycles. The van der Waals surface area contributed by atoms with Crippen LogP contribution in [0.4, 0.5) is 18.9 Å². The fourth-order valence-electron chi connectivity index (χ4n) is 6.66. The fourth-order valence-corrected chi connectivity index (χ4v) is 6.66. The van der Waals surface area contributed by atoms with Crippen molar-refractivity contribution < 1.29 is 37.0 Å². The first kappa shape index (κ1) is 25.5. The van der Waals surface area contributed by atoms with E-state index in [0.717, 1.165) is 30.1 Å². The Bertz CT molecular complexity index is 1190. The smallest absolute Gasteiger partial charge is 0.417 e. The Morgan fingerprint density at radius 3 is 2.38 bits per heavy atom. The maximum Gasteiger partial charge on any atom is 0.417 e. The lowest BCUT2D eigenvalue weighted by Gasteiger charge is -2.36. The number of piperidine rings is 1. The fraction of sp³-hybridized carbons (Fsp3) is 0.519. The highest BCUT2D eigenvalue weighted by Crippen LogP contribution is 2.63. The molecule has 0 unspecified atom stereocenters. The summed E-state index contributed by atoms with van der Waals surface area (Å²) in [6.45, 7) is 11.9. The standard InChI is InChI=1S/C27H29F3N2O5/c1-5-15-7-8-16(13-18(15)27(28,29)30)32-22(33)20-21(23(32)34)26(4)19(14-25(20,3)37-26)24(35)36-17-9-11-31(6-2)12-10-17/h5-8,13,17,19-21H,1-2,9-12,14H2,3-4H3/t19-,20+,21-,25-,26+/m0/s1. The summed E-state index contributed by atoms with van der Waals surface area (Å²) in [5.74, 6) is -4.45. The molecule has 4 aliphatic rings. The van der Waals surface area contributed by atoms with Gasteiger partial charge in [0.25, 0.3) is 0 Å². The number of ether oxygens (including phenoxy) is 2. The molecule has 0 aromatic heterocycles. The third kappa shape index (κ3) is 3.79. The topological polar surface area (TPSA) is 76.2 Å². The predicted molar refractivity (Wildman–Crippen MR) is 128 cm³/mol. The summed E-state index contributed by atoms with van der Waals surface area (Å²) in [4.78, 5) is 43.3. The van der Waals surface area contributed by atoms with Gasteiger partial charge in [-0.15, -0.1) is 0 Å². The lowest BCUT2D eigenvalue weighted by atomic mass is 9.64. The van der Waals surface area contributed by atoms with E-state index < -0.39 is 58.5 Å². The Morgan fingerprint density at radius 1 is 1.14 bits per heavy atom. The number of imide groups is 1. The molecular weight excluding hydrogens is 489 g/mol. The molecular formula is C27H29F3N2O5. The largest absolute Gasteiger partial charge is 0.462 e. The Hall–Kier alpha value is -3.14. The summed E-state index contributed by atoms with van der Waals surface area (Å²) in [7, 11) is 0. The molecule has 4 saturated heterocycles. The van der Waals surface area contributed by atoms with E-state index in [4.69, 9.17) is 9.47 Å². The van der Waals surface area contributed by atoms with Crippen molar-refractivity contribution in [3.63, 3.8) is 0 Å². The van der Waals surface area contributed by atoms with Gasteiger partial charge in [-0.2, -0.15) is 13.2 Å². The van der Waals surface area contributed by atoms with Gasteiger partial charge >= 0.3 is 12.1 Å². The van der Waals surface area contributed by atoms with E-state index in [-0.39, 0.29) is 23.8 Å². The number of hydrogen-bond acceptors (Lipinski definition) is 6. The molecule has 1 aromatic rings. The summed E-state index contributed by atoms with van der Waals surface area (Å²) in [5, 5.41) is 0. The first-order valence-electron chi connectivity index (χ1n) is 12.3. The molecule has 4 aliphatic heterocycles. The van der Waals surface area contributed by atoms with Crippen molar-refractivity contribution in [3.8, 4) is 0 Å². The number of carbonyl (C=O) groups excluding carboxylic acids is 3. The number of carbonyl (C=O) groups is 3. The molecule has 5 atom stereocenters. The van der Waals surface area contributed by atoms with Crippen LogP contribution in [0, 0.1) is 17.8 Å². The van der Waals surface area contributed by atoms with Crippen molar-refractivity contribution in [2.24, 2.45) is 17.8 Å². The molecule has 7 nitrogen and oxygen atoms in total. The molecule has 4 heterocycles. The number of halogens is 3. The highest BCUT2D eigenvalue weighted by molar-refractivity contribution is 6.23.